The van der Waals surface area contributed by atoms with Crippen LogP contribution in [0.1, 0.15) is 6.42 Å². The largest absolute Gasteiger partial charge is 0.490 e. The third kappa shape index (κ3) is 3.99. The predicted molar refractivity (Wildman–Crippen MR) is 106 cm³/mol. The van der Waals surface area contributed by atoms with E-state index < -0.39 is 14.9 Å². The molecule has 1 saturated heterocycles. The number of anilines is 1. The highest BCUT2D eigenvalue weighted by atomic mass is 32.2. The SMILES string of the molecule is O=[N+]([O-])c1ccc(N2CCN(S(=O)(=O)c3ccc4c(c3)OCCCO4)CC2)cc1. The van der Waals surface area contributed by atoms with Crippen LogP contribution >= 0.6 is 0 Å². The molecule has 2 aliphatic rings. The quantitative estimate of drug-likeness (QED) is 0.553. The molecule has 0 unspecified atom stereocenters. The Morgan fingerprint density at radius 2 is 1.55 bits per heavy atom. The first kappa shape index (κ1) is 19.5. The molecule has 29 heavy (non-hydrogen) atoms. The van der Waals surface area contributed by atoms with Gasteiger partial charge in [0.05, 0.1) is 23.0 Å². The molecule has 0 spiro atoms. The first-order chi connectivity index (χ1) is 13.9. The van der Waals surface area contributed by atoms with Crippen LogP contribution < -0.4 is 14.4 Å². The van der Waals surface area contributed by atoms with Gasteiger partial charge in [0.1, 0.15) is 0 Å². The highest BCUT2D eigenvalue weighted by molar-refractivity contribution is 7.89. The molecule has 0 aromatic heterocycles. The van der Waals surface area contributed by atoms with Gasteiger partial charge in [-0.05, 0) is 24.3 Å². The Hall–Kier alpha value is -2.85. The molecule has 0 aliphatic carbocycles. The van der Waals surface area contributed by atoms with Gasteiger partial charge in [-0.1, -0.05) is 0 Å². The van der Waals surface area contributed by atoms with Gasteiger partial charge in [0, 0.05) is 56.5 Å². The van der Waals surface area contributed by atoms with Gasteiger partial charge in [-0.3, -0.25) is 10.1 Å². The minimum atomic E-state index is -3.65. The number of piperazine rings is 1. The number of benzene rings is 2. The van der Waals surface area contributed by atoms with Gasteiger partial charge in [0.25, 0.3) is 5.69 Å². The van der Waals surface area contributed by atoms with Crippen molar-refractivity contribution < 1.29 is 22.8 Å². The van der Waals surface area contributed by atoms with Crippen LogP contribution in [0, 0.1) is 10.1 Å². The lowest BCUT2D eigenvalue weighted by atomic mass is 10.2. The van der Waals surface area contributed by atoms with Crippen LogP contribution in [0.4, 0.5) is 11.4 Å². The molecular weight excluding hydrogens is 398 g/mol. The second-order valence-electron chi connectivity index (χ2n) is 6.82. The smallest absolute Gasteiger partial charge is 0.269 e. The molecule has 0 atom stereocenters. The highest BCUT2D eigenvalue weighted by Crippen LogP contribution is 2.33. The summed E-state index contributed by atoms with van der Waals surface area (Å²) in [5.74, 6) is 1.01. The maximum Gasteiger partial charge on any atom is 0.269 e. The number of nitro benzene ring substituents is 1. The number of rotatable bonds is 4. The molecule has 0 radical (unpaired) electrons. The van der Waals surface area contributed by atoms with E-state index in [9.17, 15) is 18.5 Å². The zero-order valence-electron chi connectivity index (χ0n) is 15.7. The van der Waals surface area contributed by atoms with Crippen LogP contribution in [0.5, 0.6) is 11.5 Å². The van der Waals surface area contributed by atoms with Gasteiger partial charge in [0.2, 0.25) is 10.0 Å². The molecule has 2 aromatic rings. The van der Waals surface area contributed by atoms with Crippen molar-refractivity contribution in [2.24, 2.45) is 0 Å². The Labute approximate surface area is 168 Å². The first-order valence-corrected chi connectivity index (χ1v) is 10.8. The zero-order valence-corrected chi connectivity index (χ0v) is 16.5. The Balaban J connectivity index is 1.46. The second kappa shape index (κ2) is 7.88. The number of nitro groups is 1. The number of hydrogen-bond acceptors (Lipinski definition) is 7. The van der Waals surface area contributed by atoms with Crippen LogP contribution in [0.3, 0.4) is 0 Å². The Morgan fingerprint density at radius 3 is 2.21 bits per heavy atom. The summed E-state index contributed by atoms with van der Waals surface area (Å²) in [6, 6.07) is 11.0. The van der Waals surface area contributed by atoms with Crippen molar-refractivity contribution >= 4 is 21.4 Å². The molecule has 9 nitrogen and oxygen atoms in total. The van der Waals surface area contributed by atoms with Gasteiger partial charge in [0.15, 0.2) is 11.5 Å². The van der Waals surface area contributed by atoms with Crippen LogP contribution in [0.25, 0.3) is 0 Å². The van der Waals surface area contributed by atoms with Gasteiger partial charge < -0.3 is 14.4 Å². The Bertz CT molecular complexity index is 1000. The molecule has 2 aliphatic heterocycles. The minimum absolute atomic E-state index is 0.0318. The van der Waals surface area contributed by atoms with E-state index in [2.05, 4.69) is 0 Å². The van der Waals surface area contributed by atoms with E-state index in [-0.39, 0.29) is 10.6 Å². The maximum absolute atomic E-state index is 13.1. The van der Waals surface area contributed by atoms with Crippen LogP contribution in [-0.2, 0) is 10.0 Å². The van der Waals surface area contributed by atoms with Crippen molar-refractivity contribution in [3.8, 4) is 11.5 Å². The predicted octanol–water partition coefficient (Wildman–Crippen LogP) is 2.27. The van der Waals surface area contributed by atoms with Gasteiger partial charge >= 0.3 is 0 Å². The number of ether oxygens (including phenoxy) is 2. The second-order valence-corrected chi connectivity index (χ2v) is 8.76. The summed E-state index contributed by atoms with van der Waals surface area (Å²) in [4.78, 5) is 12.5. The number of fused-ring (bicyclic) bond motifs is 1. The number of hydrogen-bond donors (Lipinski definition) is 0. The van der Waals surface area contributed by atoms with Crippen molar-refractivity contribution in [1.29, 1.82) is 0 Å². The van der Waals surface area contributed by atoms with Crippen molar-refractivity contribution in [1.82, 2.24) is 4.31 Å². The lowest BCUT2D eigenvalue weighted by Gasteiger charge is -2.35. The summed E-state index contributed by atoms with van der Waals surface area (Å²) < 4.78 is 38.7. The van der Waals surface area contributed by atoms with Crippen LogP contribution in [0.2, 0.25) is 0 Å². The Kier molecular flexibility index (Phi) is 5.29. The molecule has 154 valence electrons. The van der Waals surface area contributed by atoms with Crippen molar-refractivity contribution in [2.45, 2.75) is 11.3 Å². The normalized spacial score (nSPS) is 17.6. The van der Waals surface area contributed by atoms with E-state index in [1.807, 2.05) is 4.90 Å². The van der Waals surface area contributed by atoms with Gasteiger partial charge in [-0.2, -0.15) is 4.31 Å². The van der Waals surface area contributed by atoms with E-state index >= 15 is 0 Å². The van der Waals surface area contributed by atoms with E-state index in [1.54, 1.807) is 24.3 Å². The standard InChI is InChI=1S/C19H21N3O6S/c23-22(24)16-4-2-15(3-5-16)20-8-10-21(11-9-20)29(25,26)17-6-7-18-19(14-17)28-13-1-12-27-18/h2-7,14H,1,8-13H2. The molecule has 10 heteroatoms. The number of nitrogens with zero attached hydrogens (tertiary/aromatic N) is 3. The van der Waals surface area contributed by atoms with E-state index in [0.29, 0.717) is 50.9 Å². The summed E-state index contributed by atoms with van der Waals surface area (Å²) >= 11 is 0. The summed E-state index contributed by atoms with van der Waals surface area (Å²) in [5.41, 5.74) is 0.868. The first-order valence-electron chi connectivity index (χ1n) is 9.34. The minimum Gasteiger partial charge on any atom is -0.490 e. The average Bonchev–Trinajstić information content (AvgIpc) is 2.99. The van der Waals surface area contributed by atoms with E-state index in [1.165, 1.54) is 22.5 Å². The zero-order chi connectivity index (χ0) is 20.4. The lowest BCUT2D eigenvalue weighted by molar-refractivity contribution is -0.384. The molecule has 0 saturated carbocycles. The fraction of sp³-hybridized carbons (Fsp3) is 0.368. The van der Waals surface area contributed by atoms with E-state index in [4.69, 9.17) is 9.47 Å². The van der Waals surface area contributed by atoms with Crippen LogP contribution in [-0.4, -0.2) is 57.0 Å². The lowest BCUT2D eigenvalue weighted by Crippen LogP contribution is -2.48. The summed E-state index contributed by atoms with van der Waals surface area (Å²) in [5, 5.41) is 10.8. The summed E-state index contributed by atoms with van der Waals surface area (Å²) in [7, 11) is -3.65. The highest BCUT2D eigenvalue weighted by Gasteiger charge is 2.29. The average molecular weight is 419 g/mol. The third-order valence-electron chi connectivity index (χ3n) is 5.02. The summed E-state index contributed by atoms with van der Waals surface area (Å²) in [6.07, 6.45) is 0.751. The molecule has 0 amide bonds. The molecule has 0 N–H and O–H groups in total. The van der Waals surface area contributed by atoms with Gasteiger partial charge in [-0.15, -0.1) is 0 Å². The monoisotopic (exact) mass is 419 g/mol. The fourth-order valence-electron chi connectivity index (χ4n) is 3.42. The van der Waals surface area contributed by atoms with E-state index in [0.717, 1.165) is 12.1 Å². The van der Waals surface area contributed by atoms with Crippen molar-refractivity contribution in [2.75, 3.05) is 44.3 Å². The number of sulfonamides is 1. The third-order valence-corrected chi connectivity index (χ3v) is 6.92. The molecule has 2 aromatic carbocycles. The molecule has 2 heterocycles. The van der Waals surface area contributed by atoms with Crippen molar-refractivity contribution in [3.63, 3.8) is 0 Å². The number of non-ortho nitro benzene ring substituents is 1. The molecule has 1 fully saturated rings. The molecular formula is C19H21N3O6S. The topological polar surface area (TPSA) is 102 Å². The van der Waals surface area contributed by atoms with Crippen molar-refractivity contribution in [3.05, 3.63) is 52.6 Å². The molecule has 4 rings (SSSR count). The molecule has 0 bridgehead atoms. The Morgan fingerprint density at radius 1 is 0.897 bits per heavy atom. The maximum atomic E-state index is 13.1. The summed E-state index contributed by atoms with van der Waals surface area (Å²) in [6.45, 7) is 2.69. The fourth-order valence-corrected chi connectivity index (χ4v) is 4.86. The van der Waals surface area contributed by atoms with Crippen LogP contribution in [0.15, 0.2) is 47.4 Å². The van der Waals surface area contributed by atoms with Gasteiger partial charge in [-0.25, -0.2) is 8.42 Å².